The molecule has 0 N–H and O–H groups in total. The Hall–Kier alpha value is -0.800. The van der Waals surface area contributed by atoms with Crippen LogP contribution < -0.4 is 4.90 Å². The van der Waals surface area contributed by atoms with Crippen LogP contribution in [0.15, 0.2) is 12.3 Å². The molecule has 17 heavy (non-hydrogen) atoms. The minimum Gasteiger partial charge on any atom is -0.377 e. The van der Waals surface area contributed by atoms with Gasteiger partial charge in [0, 0.05) is 25.7 Å². The summed E-state index contributed by atoms with van der Waals surface area (Å²) in [5, 5.41) is 0. The second-order valence-corrected chi connectivity index (χ2v) is 4.73. The van der Waals surface area contributed by atoms with Crippen LogP contribution in [-0.2, 0) is 10.6 Å². The molecule has 3 nitrogen and oxygen atoms in total. The van der Waals surface area contributed by atoms with E-state index in [4.69, 9.17) is 16.3 Å². The average Bonchev–Trinajstić information content (AvgIpc) is 2.28. The Morgan fingerprint density at radius 3 is 2.71 bits per heavy atom. The lowest BCUT2D eigenvalue weighted by Gasteiger charge is -2.21. The summed E-state index contributed by atoms with van der Waals surface area (Å²) in [6.45, 7) is 7.69. The van der Waals surface area contributed by atoms with E-state index in [1.165, 1.54) is 0 Å². The summed E-state index contributed by atoms with van der Waals surface area (Å²) in [4.78, 5) is 6.54. The lowest BCUT2D eigenvalue weighted by molar-refractivity contribution is 0.0845. The number of aromatic nitrogens is 1. The molecule has 4 heteroatoms. The number of likely N-dealkylation sites (N-methyl/N-ethyl adjacent to an activating group) is 1. The number of rotatable bonds is 6. The van der Waals surface area contributed by atoms with Gasteiger partial charge in [0.15, 0.2) is 0 Å². The van der Waals surface area contributed by atoms with Gasteiger partial charge in [-0.05, 0) is 38.0 Å². The first-order valence-corrected chi connectivity index (χ1v) is 6.42. The fourth-order valence-corrected chi connectivity index (χ4v) is 1.78. The van der Waals surface area contributed by atoms with Gasteiger partial charge < -0.3 is 9.64 Å². The molecule has 0 saturated carbocycles. The predicted molar refractivity (Wildman–Crippen MR) is 72.9 cm³/mol. The zero-order valence-electron chi connectivity index (χ0n) is 11.0. The Morgan fingerprint density at radius 2 is 2.18 bits per heavy atom. The molecule has 1 heterocycles. The van der Waals surface area contributed by atoms with Crippen molar-refractivity contribution >= 4 is 17.4 Å². The molecule has 0 aromatic carbocycles. The van der Waals surface area contributed by atoms with E-state index in [0.717, 1.165) is 23.5 Å². The first-order chi connectivity index (χ1) is 8.04. The third-order valence-electron chi connectivity index (χ3n) is 2.50. The van der Waals surface area contributed by atoms with Crippen molar-refractivity contribution in [2.75, 3.05) is 25.1 Å². The molecule has 0 radical (unpaired) electrons. The summed E-state index contributed by atoms with van der Waals surface area (Å²) in [7, 11) is 2.03. The topological polar surface area (TPSA) is 25.4 Å². The Balaban J connectivity index is 2.59. The van der Waals surface area contributed by atoms with Gasteiger partial charge >= 0.3 is 0 Å². The van der Waals surface area contributed by atoms with Crippen LogP contribution in [0.3, 0.4) is 0 Å². The minimum absolute atomic E-state index is 0.274. The van der Waals surface area contributed by atoms with Gasteiger partial charge in [0.2, 0.25) is 0 Å². The number of aryl methyl sites for hydroxylation is 1. The Morgan fingerprint density at radius 1 is 1.47 bits per heavy atom. The van der Waals surface area contributed by atoms with E-state index >= 15 is 0 Å². The van der Waals surface area contributed by atoms with Crippen molar-refractivity contribution in [2.24, 2.45) is 0 Å². The van der Waals surface area contributed by atoms with Crippen molar-refractivity contribution < 1.29 is 4.74 Å². The second-order valence-electron chi connectivity index (χ2n) is 4.46. The molecule has 0 aliphatic rings. The van der Waals surface area contributed by atoms with Crippen LogP contribution in [0.25, 0.3) is 0 Å². The van der Waals surface area contributed by atoms with Gasteiger partial charge in [0.05, 0.1) is 12.7 Å². The molecule has 0 amide bonds. The third kappa shape index (κ3) is 4.52. The molecule has 0 aliphatic carbocycles. The van der Waals surface area contributed by atoms with Crippen molar-refractivity contribution in [2.45, 2.75) is 32.8 Å². The van der Waals surface area contributed by atoms with Gasteiger partial charge in [-0.15, -0.1) is 11.6 Å². The fraction of sp³-hybridized carbons (Fsp3) is 0.615. The molecule has 0 spiro atoms. The van der Waals surface area contributed by atoms with Gasteiger partial charge in [-0.3, -0.25) is 0 Å². The van der Waals surface area contributed by atoms with E-state index in [2.05, 4.69) is 22.9 Å². The number of hydrogen-bond donors (Lipinski definition) is 0. The van der Waals surface area contributed by atoms with Gasteiger partial charge in [0.1, 0.15) is 5.82 Å². The van der Waals surface area contributed by atoms with Gasteiger partial charge in [-0.1, -0.05) is 0 Å². The summed E-state index contributed by atoms with van der Waals surface area (Å²) in [6, 6.07) is 2.08. The zero-order chi connectivity index (χ0) is 12.8. The van der Waals surface area contributed by atoms with E-state index in [1.807, 2.05) is 27.1 Å². The number of nitrogens with zero attached hydrogens (tertiary/aromatic N) is 2. The highest BCUT2D eigenvalue weighted by molar-refractivity contribution is 6.17. The number of ether oxygens (including phenoxy) is 1. The van der Waals surface area contributed by atoms with E-state index in [-0.39, 0.29) is 6.10 Å². The van der Waals surface area contributed by atoms with Gasteiger partial charge in [-0.2, -0.15) is 0 Å². The van der Waals surface area contributed by atoms with Crippen molar-refractivity contribution in [3.8, 4) is 0 Å². The van der Waals surface area contributed by atoms with Crippen molar-refractivity contribution in [1.82, 2.24) is 4.98 Å². The molecule has 96 valence electrons. The highest BCUT2D eigenvalue weighted by Crippen LogP contribution is 2.17. The Bertz CT molecular complexity index is 355. The van der Waals surface area contributed by atoms with E-state index in [9.17, 15) is 0 Å². The third-order valence-corrected chi connectivity index (χ3v) is 2.81. The maximum atomic E-state index is 5.78. The minimum atomic E-state index is 0.274. The summed E-state index contributed by atoms with van der Waals surface area (Å²) >= 11 is 5.78. The van der Waals surface area contributed by atoms with Crippen LogP contribution in [-0.4, -0.2) is 31.3 Å². The first-order valence-electron chi connectivity index (χ1n) is 5.88. The molecular formula is C13H21ClN2O. The average molecular weight is 257 g/mol. The van der Waals surface area contributed by atoms with Crippen LogP contribution in [0.2, 0.25) is 0 Å². The molecule has 1 aromatic rings. The van der Waals surface area contributed by atoms with Crippen LogP contribution >= 0.6 is 11.6 Å². The standard InChI is InChI=1S/C13H21ClN2O/c1-10(2)17-6-5-16(4)13-11(3)7-12(8-14)9-15-13/h7,9-10H,5-6,8H2,1-4H3. The number of pyridine rings is 1. The molecule has 0 aliphatic heterocycles. The maximum Gasteiger partial charge on any atom is 0.131 e. The number of hydrogen-bond acceptors (Lipinski definition) is 3. The SMILES string of the molecule is Cc1cc(CCl)cnc1N(C)CCOC(C)C. The quantitative estimate of drug-likeness (QED) is 0.732. The van der Waals surface area contributed by atoms with Crippen LogP contribution in [0, 0.1) is 6.92 Å². The molecule has 1 rings (SSSR count). The second kappa shape index (κ2) is 6.82. The van der Waals surface area contributed by atoms with Gasteiger partial charge in [0.25, 0.3) is 0 Å². The summed E-state index contributed by atoms with van der Waals surface area (Å²) in [5.74, 6) is 1.50. The van der Waals surface area contributed by atoms with E-state index in [1.54, 1.807) is 0 Å². The predicted octanol–water partition coefficient (Wildman–Crippen LogP) is 2.99. The van der Waals surface area contributed by atoms with Crippen molar-refractivity contribution in [3.05, 3.63) is 23.4 Å². The van der Waals surface area contributed by atoms with E-state index in [0.29, 0.717) is 12.5 Å². The molecule has 0 saturated heterocycles. The Kier molecular flexibility index (Phi) is 5.72. The lowest BCUT2D eigenvalue weighted by atomic mass is 10.2. The first kappa shape index (κ1) is 14.3. The molecular weight excluding hydrogens is 236 g/mol. The summed E-state index contributed by atoms with van der Waals surface area (Å²) in [5.41, 5.74) is 2.20. The monoisotopic (exact) mass is 256 g/mol. The molecule has 0 atom stereocenters. The Labute approximate surface area is 109 Å². The zero-order valence-corrected chi connectivity index (χ0v) is 11.8. The lowest BCUT2D eigenvalue weighted by Crippen LogP contribution is -2.25. The molecule has 1 aromatic heterocycles. The normalized spacial score (nSPS) is 10.9. The maximum absolute atomic E-state index is 5.78. The summed E-state index contributed by atoms with van der Waals surface area (Å²) in [6.07, 6.45) is 2.10. The molecule has 0 unspecified atom stereocenters. The molecule has 0 bridgehead atoms. The van der Waals surface area contributed by atoms with Crippen LogP contribution in [0.5, 0.6) is 0 Å². The van der Waals surface area contributed by atoms with Crippen molar-refractivity contribution in [3.63, 3.8) is 0 Å². The smallest absolute Gasteiger partial charge is 0.131 e. The number of anilines is 1. The highest BCUT2D eigenvalue weighted by Gasteiger charge is 2.07. The van der Waals surface area contributed by atoms with Crippen LogP contribution in [0.4, 0.5) is 5.82 Å². The fourth-order valence-electron chi connectivity index (χ4n) is 1.63. The molecule has 0 fully saturated rings. The largest absolute Gasteiger partial charge is 0.377 e. The van der Waals surface area contributed by atoms with Crippen molar-refractivity contribution in [1.29, 1.82) is 0 Å². The van der Waals surface area contributed by atoms with Crippen LogP contribution in [0.1, 0.15) is 25.0 Å². The number of halogens is 1. The summed E-state index contributed by atoms with van der Waals surface area (Å²) < 4.78 is 5.53. The van der Waals surface area contributed by atoms with Gasteiger partial charge in [-0.25, -0.2) is 4.98 Å². The van der Waals surface area contributed by atoms with E-state index < -0.39 is 0 Å². The number of alkyl halides is 1. The highest BCUT2D eigenvalue weighted by atomic mass is 35.5.